The summed E-state index contributed by atoms with van der Waals surface area (Å²) >= 11 is 4.28. The summed E-state index contributed by atoms with van der Waals surface area (Å²) in [5.74, 6) is 1.21. The van der Waals surface area contributed by atoms with Crippen molar-refractivity contribution in [1.82, 2.24) is 10.2 Å². The predicted octanol–water partition coefficient (Wildman–Crippen LogP) is 1.91. The molecule has 1 aliphatic heterocycles. The summed E-state index contributed by atoms with van der Waals surface area (Å²) in [6.07, 6.45) is 0.612. The summed E-state index contributed by atoms with van der Waals surface area (Å²) in [6, 6.07) is -0.271. The van der Waals surface area contributed by atoms with Gasteiger partial charge < -0.3 is 5.32 Å². The summed E-state index contributed by atoms with van der Waals surface area (Å²) < 4.78 is 0. The van der Waals surface area contributed by atoms with Gasteiger partial charge in [-0.1, -0.05) is 20.8 Å². The third-order valence-corrected chi connectivity index (χ3v) is 4.12. The van der Waals surface area contributed by atoms with Crippen LogP contribution in [-0.4, -0.2) is 34.7 Å². The highest BCUT2D eigenvalue weighted by atomic mass is 32.1. The number of urea groups is 1. The van der Waals surface area contributed by atoms with Gasteiger partial charge in [0.1, 0.15) is 5.54 Å². The molecule has 1 rings (SSSR count). The maximum absolute atomic E-state index is 12.2. The van der Waals surface area contributed by atoms with Gasteiger partial charge in [-0.25, -0.2) is 4.79 Å². The van der Waals surface area contributed by atoms with Gasteiger partial charge in [-0.15, -0.1) is 0 Å². The first-order valence-corrected chi connectivity index (χ1v) is 6.74. The van der Waals surface area contributed by atoms with Crippen LogP contribution in [0.1, 0.15) is 34.1 Å². The molecule has 0 radical (unpaired) electrons. The molecule has 1 fully saturated rings. The fourth-order valence-corrected chi connectivity index (χ4v) is 2.40. The summed E-state index contributed by atoms with van der Waals surface area (Å²) in [6.45, 7) is 8.30. The second-order valence-corrected chi connectivity index (χ2v) is 5.58. The molecular weight excluding hydrogens is 236 g/mol. The molecular formula is C12H22N2O2S. The minimum atomic E-state index is -0.727. The Morgan fingerprint density at radius 3 is 2.35 bits per heavy atom. The predicted molar refractivity (Wildman–Crippen MR) is 71.1 cm³/mol. The zero-order valence-electron chi connectivity index (χ0n) is 11.0. The van der Waals surface area contributed by atoms with Crippen LogP contribution in [-0.2, 0) is 4.79 Å². The van der Waals surface area contributed by atoms with Crippen LogP contribution in [0.4, 0.5) is 4.79 Å². The van der Waals surface area contributed by atoms with Crippen molar-refractivity contribution in [2.75, 3.05) is 12.3 Å². The van der Waals surface area contributed by atoms with Crippen LogP contribution in [0, 0.1) is 11.8 Å². The van der Waals surface area contributed by atoms with Gasteiger partial charge in [0.2, 0.25) is 0 Å². The molecule has 0 spiro atoms. The van der Waals surface area contributed by atoms with Gasteiger partial charge in [0.25, 0.3) is 5.91 Å². The Hall–Kier alpha value is -0.710. The van der Waals surface area contributed by atoms with Crippen LogP contribution < -0.4 is 5.32 Å². The third-order valence-electron chi connectivity index (χ3n) is 3.65. The SMILES string of the molecule is CCC1(C)NC(=O)N(CC(CS)C(C)C)C1=O. The zero-order valence-corrected chi connectivity index (χ0v) is 11.9. The highest BCUT2D eigenvalue weighted by Gasteiger charge is 2.46. The fourth-order valence-electron chi connectivity index (χ4n) is 1.87. The number of carbonyl (C=O) groups excluding carboxylic acids is 2. The number of thiol groups is 1. The lowest BCUT2D eigenvalue weighted by atomic mass is 9.96. The molecule has 0 saturated carbocycles. The lowest BCUT2D eigenvalue weighted by molar-refractivity contribution is -0.131. The van der Waals surface area contributed by atoms with E-state index in [1.54, 1.807) is 6.92 Å². The van der Waals surface area contributed by atoms with Gasteiger partial charge >= 0.3 is 6.03 Å². The molecule has 1 saturated heterocycles. The molecule has 5 heteroatoms. The first kappa shape index (κ1) is 14.4. The largest absolute Gasteiger partial charge is 0.325 e. The van der Waals surface area contributed by atoms with Gasteiger partial charge in [-0.3, -0.25) is 9.69 Å². The van der Waals surface area contributed by atoms with Crippen molar-refractivity contribution in [3.05, 3.63) is 0 Å². The number of carbonyl (C=O) groups is 2. The van der Waals surface area contributed by atoms with Crippen molar-refractivity contribution < 1.29 is 9.59 Å². The molecule has 2 unspecified atom stereocenters. The number of rotatable bonds is 5. The van der Waals surface area contributed by atoms with Crippen molar-refractivity contribution in [1.29, 1.82) is 0 Å². The third kappa shape index (κ3) is 2.76. The summed E-state index contributed by atoms with van der Waals surface area (Å²) in [5, 5.41) is 2.76. The minimum Gasteiger partial charge on any atom is -0.323 e. The van der Waals surface area contributed by atoms with Crippen LogP contribution in [0.3, 0.4) is 0 Å². The molecule has 0 aromatic heterocycles. The van der Waals surface area contributed by atoms with Crippen molar-refractivity contribution >= 4 is 24.6 Å². The second kappa shape index (κ2) is 5.29. The number of nitrogens with zero attached hydrogens (tertiary/aromatic N) is 1. The van der Waals surface area contributed by atoms with Crippen molar-refractivity contribution in [3.63, 3.8) is 0 Å². The van der Waals surface area contributed by atoms with Crippen molar-refractivity contribution in [3.8, 4) is 0 Å². The Labute approximate surface area is 109 Å². The summed E-state index contributed by atoms with van der Waals surface area (Å²) in [5.41, 5.74) is -0.727. The summed E-state index contributed by atoms with van der Waals surface area (Å²) in [7, 11) is 0. The molecule has 4 nitrogen and oxygen atoms in total. The van der Waals surface area contributed by atoms with E-state index in [1.165, 1.54) is 4.90 Å². The number of amides is 3. The standard InChI is InChI=1S/C12H22N2O2S/c1-5-12(4)10(15)14(11(16)13-12)6-9(7-17)8(2)3/h8-9,17H,5-7H2,1-4H3,(H,13,16). The number of hydrogen-bond donors (Lipinski definition) is 2. The molecule has 0 aliphatic carbocycles. The molecule has 3 amide bonds. The zero-order chi connectivity index (χ0) is 13.2. The highest BCUT2D eigenvalue weighted by Crippen LogP contribution is 2.23. The Balaban J connectivity index is 2.79. The van der Waals surface area contributed by atoms with Crippen LogP contribution in [0.15, 0.2) is 0 Å². The second-order valence-electron chi connectivity index (χ2n) is 5.22. The lowest BCUT2D eigenvalue weighted by Gasteiger charge is -2.24. The molecule has 98 valence electrons. The molecule has 1 heterocycles. The van der Waals surface area contributed by atoms with E-state index < -0.39 is 5.54 Å². The van der Waals surface area contributed by atoms with Gasteiger partial charge in [0.15, 0.2) is 0 Å². The van der Waals surface area contributed by atoms with Gasteiger partial charge in [-0.2, -0.15) is 12.6 Å². The highest BCUT2D eigenvalue weighted by molar-refractivity contribution is 7.80. The molecule has 2 atom stereocenters. The van der Waals surface area contributed by atoms with Crippen molar-refractivity contribution in [2.24, 2.45) is 11.8 Å². The molecule has 0 aromatic rings. The molecule has 17 heavy (non-hydrogen) atoms. The van der Waals surface area contributed by atoms with E-state index in [1.807, 2.05) is 6.92 Å². The Morgan fingerprint density at radius 1 is 1.41 bits per heavy atom. The van der Waals surface area contributed by atoms with Crippen LogP contribution in [0.25, 0.3) is 0 Å². The number of hydrogen-bond acceptors (Lipinski definition) is 3. The van der Waals surface area contributed by atoms with Crippen LogP contribution in [0.2, 0.25) is 0 Å². The maximum Gasteiger partial charge on any atom is 0.325 e. The lowest BCUT2D eigenvalue weighted by Crippen LogP contribution is -2.43. The summed E-state index contributed by atoms with van der Waals surface area (Å²) in [4.78, 5) is 25.3. The average molecular weight is 258 g/mol. The monoisotopic (exact) mass is 258 g/mol. The van der Waals surface area contributed by atoms with Crippen molar-refractivity contribution in [2.45, 2.75) is 39.7 Å². The first-order valence-electron chi connectivity index (χ1n) is 6.10. The van der Waals surface area contributed by atoms with E-state index in [-0.39, 0.29) is 17.9 Å². The Kier molecular flexibility index (Phi) is 4.47. The smallest absolute Gasteiger partial charge is 0.323 e. The van der Waals surface area contributed by atoms with Crippen LogP contribution >= 0.6 is 12.6 Å². The van der Waals surface area contributed by atoms with Gasteiger partial charge in [0, 0.05) is 6.54 Å². The molecule has 0 aromatic carbocycles. The van der Waals surface area contributed by atoms with E-state index in [2.05, 4.69) is 31.8 Å². The Bertz CT molecular complexity index is 320. The fraction of sp³-hybridized carbons (Fsp3) is 0.833. The van der Waals surface area contributed by atoms with E-state index in [4.69, 9.17) is 0 Å². The Morgan fingerprint density at radius 2 is 2.00 bits per heavy atom. The van der Waals surface area contributed by atoms with E-state index in [0.717, 1.165) is 0 Å². The maximum atomic E-state index is 12.2. The number of imide groups is 1. The molecule has 1 aliphatic rings. The molecule has 0 bridgehead atoms. The normalized spacial score (nSPS) is 26.6. The van der Waals surface area contributed by atoms with E-state index in [0.29, 0.717) is 24.6 Å². The minimum absolute atomic E-state index is 0.113. The van der Waals surface area contributed by atoms with E-state index >= 15 is 0 Å². The first-order chi connectivity index (χ1) is 7.85. The topological polar surface area (TPSA) is 49.4 Å². The van der Waals surface area contributed by atoms with Gasteiger partial charge in [0.05, 0.1) is 0 Å². The van der Waals surface area contributed by atoms with Crippen LogP contribution in [0.5, 0.6) is 0 Å². The number of nitrogens with one attached hydrogen (secondary N) is 1. The molecule has 1 N–H and O–H groups in total. The quantitative estimate of drug-likeness (QED) is 0.584. The van der Waals surface area contributed by atoms with E-state index in [9.17, 15) is 9.59 Å². The average Bonchev–Trinajstić information content (AvgIpc) is 2.48. The van der Waals surface area contributed by atoms with Gasteiger partial charge in [-0.05, 0) is 30.9 Å².